The van der Waals surface area contributed by atoms with Crippen LogP contribution in [0.25, 0.3) is 0 Å². The first kappa shape index (κ1) is 16.3. The van der Waals surface area contributed by atoms with E-state index in [0.717, 1.165) is 51.1 Å². The minimum atomic E-state index is 0. The molecule has 0 aliphatic carbocycles. The molecule has 0 atom stereocenters. The van der Waals surface area contributed by atoms with Crippen LogP contribution in [-0.4, -0.2) is 42.1 Å². The largest absolute Gasteiger partial charge is 0.361 e. The van der Waals surface area contributed by atoms with Crippen LogP contribution in [0.5, 0.6) is 0 Å². The maximum absolute atomic E-state index is 12.7. The maximum atomic E-state index is 12.7. The van der Waals surface area contributed by atoms with E-state index in [1.165, 1.54) is 6.42 Å². The molecule has 2 fully saturated rings. The normalized spacial score (nSPS) is 20.6. The lowest BCUT2D eigenvalue weighted by Gasteiger charge is -2.38. The van der Waals surface area contributed by atoms with Gasteiger partial charge in [-0.2, -0.15) is 0 Å². The van der Waals surface area contributed by atoms with E-state index >= 15 is 0 Å². The van der Waals surface area contributed by atoms with E-state index in [0.29, 0.717) is 16.7 Å². The third kappa shape index (κ3) is 2.94. The van der Waals surface area contributed by atoms with Gasteiger partial charge in [-0.25, -0.2) is 0 Å². The van der Waals surface area contributed by atoms with Crippen LogP contribution in [0.2, 0.25) is 0 Å². The molecule has 3 rings (SSSR count). The lowest BCUT2D eigenvalue weighted by molar-refractivity contribution is 0.0605. The number of hydrogen-bond donors (Lipinski definition) is 1. The number of aryl methyl sites for hydroxylation is 2. The van der Waals surface area contributed by atoms with Crippen LogP contribution < -0.4 is 5.32 Å². The van der Waals surface area contributed by atoms with Crippen LogP contribution in [-0.2, 0) is 6.42 Å². The predicted octanol–water partition coefficient (Wildman–Crippen LogP) is 2.18. The zero-order valence-corrected chi connectivity index (χ0v) is 13.6. The monoisotopic (exact) mass is 313 g/mol. The van der Waals surface area contributed by atoms with Crippen molar-refractivity contribution in [2.45, 2.75) is 39.5 Å². The maximum Gasteiger partial charge on any atom is 0.259 e. The summed E-state index contributed by atoms with van der Waals surface area (Å²) >= 11 is 0. The molecule has 118 valence electrons. The number of rotatable bonds is 2. The van der Waals surface area contributed by atoms with Gasteiger partial charge in [0.1, 0.15) is 11.3 Å². The van der Waals surface area contributed by atoms with E-state index in [1.54, 1.807) is 0 Å². The molecule has 6 heteroatoms. The van der Waals surface area contributed by atoms with Crippen molar-refractivity contribution in [2.24, 2.45) is 5.41 Å². The summed E-state index contributed by atoms with van der Waals surface area (Å²) in [5.74, 6) is 0.746. The highest BCUT2D eigenvalue weighted by Crippen LogP contribution is 2.37. The molecule has 1 aromatic heterocycles. The fraction of sp³-hybridized carbons (Fsp3) is 0.733. The number of halogens is 1. The summed E-state index contributed by atoms with van der Waals surface area (Å²) in [7, 11) is 0. The Morgan fingerprint density at radius 2 is 2.10 bits per heavy atom. The molecule has 1 N–H and O–H groups in total. The highest BCUT2D eigenvalue weighted by atomic mass is 35.5. The van der Waals surface area contributed by atoms with E-state index in [1.807, 2.05) is 18.7 Å². The summed E-state index contributed by atoms with van der Waals surface area (Å²) in [5, 5.41) is 7.44. The van der Waals surface area contributed by atoms with Crippen LogP contribution >= 0.6 is 12.4 Å². The summed E-state index contributed by atoms with van der Waals surface area (Å²) < 4.78 is 5.18. The second-order valence-corrected chi connectivity index (χ2v) is 6.13. The number of carbonyl (C=O) groups excluding carboxylic acids is 1. The highest BCUT2D eigenvalue weighted by Gasteiger charge is 2.38. The minimum absolute atomic E-state index is 0. The molecule has 21 heavy (non-hydrogen) atoms. The minimum Gasteiger partial charge on any atom is -0.361 e. The van der Waals surface area contributed by atoms with Gasteiger partial charge < -0.3 is 14.7 Å². The summed E-state index contributed by atoms with van der Waals surface area (Å²) in [6.45, 7) is 7.78. The first-order valence-electron chi connectivity index (χ1n) is 7.60. The van der Waals surface area contributed by atoms with Gasteiger partial charge in [-0.1, -0.05) is 12.1 Å². The average Bonchev–Trinajstić information content (AvgIpc) is 3.06. The molecule has 0 saturated carbocycles. The summed E-state index contributed by atoms with van der Waals surface area (Å²) in [6.07, 6.45) is 4.21. The molecular weight excluding hydrogens is 290 g/mol. The summed E-state index contributed by atoms with van der Waals surface area (Å²) in [6, 6.07) is 0. The van der Waals surface area contributed by atoms with Crippen molar-refractivity contribution >= 4 is 18.3 Å². The molecule has 0 unspecified atom stereocenters. The smallest absolute Gasteiger partial charge is 0.259 e. The molecule has 1 amide bonds. The summed E-state index contributed by atoms with van der Waals surface area (Å²) in [4.78, 5) is 14.6. The van der Waals surface area contributed by atoms with Crippen molar-refractivity contribution in [1.29, 1.82) is 0 Å². The lowest BCUT2D eigenvalue weighted by atomic mass is 9.77. The first-order chi connectivity index (χ1) is 9.65. The van der Waals surface area contributed by atoms with Gasteiger partial charge in [0, 0.05) is 19.6 Å². The van der Waals surface area contributed by atoms with Crippen LogP contribution in [0.4, 0.5) is 0 Å². The Morgan fingerprint density at radius 3 is 2.67 bits per heavy atom. The van der Waals surface area contributed by atoms with E-state index in [4.69, 9.17) is 4.52 Å². The van der Waals surface area contributed by atoms with E-state index in [-0.39, 0.29) is 18.3 Å². The zero-order valence-electron chi connectivity index (χ0n) is 12.8. The SMILES string of the molecule is CCc1noc(C)c1C(=O)N1CCC2(CCNC2)CC1.Cl. The highest BCUT2D eigenvalue weighted by molar-refractivity contribution is 5.96. The van der Waals surface area contributed by atoms with Crippen LogP contribution in [0.3, 0.4) is 0 Å². The molecule has 0 aromatic carbocycles. The predicted molar refractivity (Wildman–Crippen MR) is 82.9 cm³/mol. The molecule has 2 saturated heterocycles. The van der Waals surface area contributed by atoms with Crippen LogP contribution in [0.15, 0.2) is 4.52 Å². The molecule has 3 heterocycles. The third-order valence-corrected chi connectivity index (χ3v) is 4.93. The van der Waals surface area contributed by atoms with E-state index in [9.17, 15) is 4.79 Å². The van der Waals surface area contributed by atoms with Gasteiger partial charge in [-0.3, -0.25) is 4.79 Å². The molecule has 1 spiro atoms. The Hall–Kier alpha value is -1.07. The fourth-order valence-electron chi connectivity index (χ4n) is 3.50. The van der Waals surface area contributed by atoms with Gasteiger partial charge >= 0.3 is 0 Å². The van der Waals surface area contributed by atoms with Crippen molar-refractivity contribution in [2.75, 3.05) is 26.2 Å². The van der Waals surface area contributed by atoms with Gasteiger partial charge in [-0.05, 0) is 44.6 Å². The fourth-order valence-corrected chi connectivity index (χ4v) is 3.50. The second kappa shape index (κ2) is 6.36. The molecule has 2 aliphatic rings. The number of nitrogens with one attached hydrogen (secondary N) is 1. The van der Waals surface area contributed by atoms with Gasteiger partial charge in [0.2, 0.25) is 0 Å². The van der Waals surface area contributed by atoms with Crippen molar-refractivity contribution in [1.82, 2.24) is 15.4 Å². The average molecular weight is 314 g/mol. The molecule has 2 aliphatic heterocycles. The Morgan fingerprint density at radius 1 is 1.38 bits per heavy atom. The Bertz CT molecular complexity index is 499. The number of likely N-dealkylation sites (tertiary alicyclic amines) is 1. The molecular formula is C15H24ClN3O2. The molecule has 1 aromatic rings. The first-order valence-corrected chi connectivity index (χ1v) is 7.60. The number of hydrogen-bond acceptors (Lipinski definition) is 4. The van der Waals surface area contributed by atoms with Crippen molar-refractivity contribution in [3.8, 4) is 0 Å². The van der Waals surface area contributed by atoms with Crippen molar-refractivity contribution < 1.29 is 9.32 Å². The second-order valence-electron chi connectivity index (χ2n) is 6.13. The third-order valence-electron chi connectivity index (χ3n) is 4.93. The topological polar surface area (TPSA) is 58.4 Å². The van der Waals surface area contributed by atoms with Gasteiger partial charge in [0.15, 0.2) is 0 Å². The van der Waals surface area contributed by atoms with E-state index < -0.39 is 0 Å². The lowest BCUT2D eigenvalue weighted by Crippen LogP contribution is -2.44. The summed E-state index contributed by atoms with van der Waals surface area (Å²) in [5.41, 5.74) is 1.91. The Labute approximate surface area is 131 Å². The van der Waals surface area contributed by atoms with E-state index in [2.05, 4.69) is 10.5 Å². The molecule has 0 radical (unpaired) electrons. The van der Waals surface area contributed by atoms with Crippen molar-refractivity contribution in [3.05, 3.63) is 17.0 Å². The van der Waals surface area contributed by atoms with Crippen LogP contribution in [0.1, 0.15) is 48.0 Å². The van der Waals surface area contributed by atoms with Crippen LogP contribution in [0, 0.1) is 12.3 Å². The standard InChI is InChI=1S/C15H23N3O2.ClH/c1-3-12-13(11(2)20-17-12)14(19)18-8-5-15(6-9-18)4-7-16-10-15;/h16H,3-10H2,1-2H3;1H. The number of amides is 1. The number of nitrogens with zero attached hydrogens (tertiary/aromatic N) is 2. The van der Waals surface area contributed by atoms with Gasteiger partial charge in [-0.15, -0.1) is 12.4 Å². The molecule has 0 bridgehead atoms. The number of carbonyl (C=O) groups is 1. The van der Waals surface area contributed by atoms with Crippen molar-refractivity contribution in [3.63, 3.8) is 0 Å². The number of piperidine rings is 1. The molecule has 5 nitrogen and oxygen atoms in total. The zero-order chi connectivity index (χ0) is 14.2. The Kier molecular flexibility index (Phi) is 4.94. The Balaban J connectivity index is 0.00000161. The van der Waals surface area contributed by atoms with Gasteiger partial charge in [0.05, 0.1) is 5.69 Å². The number of aromatic nitrogens is 1. The van der Waals surface area contributed by atoms with Gasteiger partial charge in [0.25, 0.3) is 5.91 Å². The quantitative estimate of drug-likeness (QED) is 0.909.